The van der Waals surface area contributed by atoms with Crippen LogP contribution in [-0.4, -0.2) is 0 Å². The molecule has 0 aromatic heterocycles. The summed E-state index contributed by atoms with van der Waals surface area (Å²) in [6, 6.07) is 21.7. The zero-order valence-corrected chi connectivity index (χ0v) is 12.6. The van der Waals surface area contributed by atoms with Gasteiger partial charge in [-0.05, 0) is 56.2 Å². The molecule has 0 atom stereocenters. The fourth-order valence-electron chi connectivity index (χ4n) is 2.48. The Kier molecular flexibility index (Phi) is 4.08. The smallest absolute Gasteiger partial charge is 0.0680 e. The van der Waals surface area contributed by atoms with E-state index in [9.17, 15) is 0 Å². The van der Waals surface area contributed by atoms with E-state index < -0.39 is 0 Å². The minimum absolute atomic E-state index is 0.0263. The summed E-state index contributed by atoms with van der Waals surface area (Å²) in [7, 11) is 0.0263. The molecule has 0 unspecified atom stereocenters. The summed E-state index contributed by atoms with van der Waals surface area (Å²) in [5, 5.41) is 0. The van der Waals surface area contributed by atoms with E-state index in [-0.39, 0.29) is 10.9 Å². The minimum Gasteiger partial charge on any atom is -0.0680 e. The van der Waals surface area contributed by atoms with E-state index >= 15 is 0 Å². The molecule has 2 aromatic rings. The summed E-state index contributed by atoms with van der Waals surface area (Å²) >= 11 is 0. The van der Waals surface area contributed by atoms with Crippen LogP contribution < -0.4 is 0 Å². The molecular formula is C19H19S+. The van der Waals surface area contributed by atoms with Gasteiger partial charge in [-0.3, -0.25) is 0 Å². The quantitative estimate of drug-likeness (QED) is 0.665. The third-order valence-electron chi connectivity index (χ3n) is 3.47. The highest BCUT2D eigenvalue weighted by molar-refractivity contribution is 8.00. The third-order valence-corrected chi connectivity index (χ3v) is 5.71. The van der Waals surface area contributed by atoms with Crippen molar-refractivity contribution in [2.75, 3.05) is 0 Å². The predicted molar refractivity (Wildman–Crippen MR) is 87.9 cm³/mol. The summed E-state index contributed by atoms with van der Waals surface area (Å²) in [6.45, 7) is 2.24. The fourth-order valence-corrected chi connectivity index (χ4v) is 4.76. The first-order chi connectivity index (χ1) is 9.84. The van der Waals surface area contributed by atoms with Gasteiger partial charge in [0.05, 0.1) is 10.9 Å². The van der Waals surface area contributed by atoms with E-state index in [1.54, 1.807) is 0 Å². The van der Waals surface area contributed by atoms with Crippen LogP contribution in [0.4, 0.5) is 0 Å². The van der Waals surface area contributed by atoms with Gasteiger partial charge in [-0.25, -0.2) is 0 Å². The maximum Gasteiger partial charge on any atom is 0.166 e. The molecule has 0 fully saturated rings. The van der Waals surface area contributed by atoms with Crippen molar-refractivity contribution in [2.45, 2.75) is 29.6 Å². The zero-order chi connectivity index (χ0) is 13.8. The highest BCUT2D eigenvalue weighted by atomic mass is 32.2. The second-order valence-corrected chi connectivity index (χ2v) is 7.09. The highest BCUT2D eigenvalue weighted by Gasteiger charge is 2.30. The van der Waals surface area contributed by atoms with E-state index in [4.69, 9.17) is 0 Å². The first kappa shape index (κ1) is 13.3. The van der Waals surface area contributed by atoms with Crippen LogP contribution in [0.15, 0.2) is 93.1 Å². The van der Waals surface area contributed by atoms with Crippen molar-refractivity contribution in [3.05, 3.63) is 83.3 Å². The molecule has 0 saturated heterocycles. The Labute approximate surface area is 124 Å². The molecule has 0 nitrogen and oxygen atoms in total. The Morgan fingerprint density at radius 3 is 1.85 bits per heavy atom. The van der Waals surface area contributed by atoms with Gasteiger partial charge in [0.25, 0.3) is 0 Å². The molecule has 0 heterocycles. The largest absolute Gasteiger partial charge is 0.166 e. The summed E-state index contributed by atoms with van der Waals surface area (Å²) in [4.78, 5) is 4.26. The van der Waals surface area contributed by atoms with Crippen molar-refractivity contribution in [1.29, 1.82) is 0 Å². The third kappa shape index (κ3) is 2.88. The van der Waals surface area contributed by atoms with Crippen molar-refractivity contribution < 1.29 is 0 Å². The van der Waals surface area contributed by atoms with Crippen LogP contribution in [0.25, 0.3) is 0 Å². The standard InChI is InChI=1S/C19H19S/c1-16-9-8-14-19(15-16)20(17-10-4-2-5-11-17)18-12-6-3-7-13-18/h2-7,10-15H,8-9H2,1H3/q+1. The Bertz CT molecular complexity index is 584. The molecule has 3 rings (SSSR count). The summed E-state index contributed by atoms with van der Waals surface area (Å²) in [6.07, 6.45) is 7.16. The van der Waals surface area contributed by atoms with Gasteiger partial charge in [0.1, 0.15) is 0 Å². The van der Waals surface area contributed by atoms with Gasteiger partial charge in [0, 0.05) is 0 Å². The van der Waals surface area contributed by atoms with Gasteiger partial charge in [0.15, 0.2) is 14.7 Å². The number of hydrogen-bond acceptors (Lipinski definition) is 0. The summed E-state index contributed by atoms with van der Waals surface area (Å²) < 4.78 is 0. The van der Waals surface area contributed by atoms with Crippen molar-refractivity contribution >= 4 is 10.9 Å². The van der Waals surface area contributed by atoms with Gasteiger partial charge in [0.2, 0.25) is 0 Å². The molecule has 100 valence electrons. The minimum atomic E-state index is 0.0263. The van der Waals surface area contributed by atoms with Crippen molar-refractivity contribution in [3.63, 3.8) is 0 Å². The molecule has 0 amide bonds. The van der Waals surface area contributed by atoms with Crippen LogP contribution in [0.2, 0.25) is 0 Å². The van der Waals surface area contributed by atoms with Crippen molar-refractivity contribution in [1.82, 2.24) is 0 Å². The van der Waals surface area contributed by atoms with Gasteiger partial charge in [-0.2, -0.15) is 0 Å². The topological polar surface area (TPSA) is 0 Å². The van der Waals surface area contributed by atoms with Crippen LogP contribution in [0.3, 0.4) is 0 Å². The lowest BCUT2D eigenvalue weighted by Crippen LogP contribution is -2.08. The molecule has 2 aromatic carbocycles. The number of hydrogen-bond donors (Lipinski definition) is 0. The molecule has 0 saturated carbocycles. The van der Waals surface area contributed by atoms with Crippen molar-refractivity contribution in [2.24, 2.45) is 0 Å². The van der Waals surface area contributed by atoms with E-state index in [0.717, 1.165) is 0 Å². The first-order valence-electron chi connectivity index (χ1n) is 7.06. The molecular weight excluding hydrogens is 260 g/mol. The molecule has 1 aliphatic rings. The molecule has 0 radical (unpaired) electrons. The maximum absolute atomic E-state index is 2.41. The second kappa shape index (κ2) is 6.15. The maximum atomic E-state index is 2.41. The summed E-state index contributed by atoms with van der Waals surface area (Å²) in [5.74, 6) is 0. The Morgan fingerprint density at radius 2 is 1.35 bits per heavy atom. The molecule has 0 spiro atoms. The second-order valence-electron chi connectivity index (χ2n) is 5.07. The van der Waals surface area contributed by atoms with Crippen LogP contribution in [-0.2, 0) is 10.9 Å². The van der Waals surface area contributed by atoms with Crippen LogP contribution in [0.5, 0.6) is 0 Å². The number of rotatable bonds is 3. The molecule has 20 heavy (non-hydrogen) atoms. The molecule has 0 bridgehead atoms. The lowest BCUT2D eigenvalue weighted by atomic mass is 10.1. The van der Waals surface area contributed by atoms with E-state index in [2.05, 4.69) is 79.7 Å². The normalized spacial score (nSPS) is 14.9. The van der Waals surface area contributed by atoms with Gasteiger partial charge in [-0.15, -0.1) is 0 Å². The Morgan fingerprint density at radius 1 is 0.800 bits per heavy atom. The Balaban J connectivity index is 2.07. The molecule has 1 aliphatic carbocycles. The first-order valence-corrected chi connectivity index (χ1v) is 8.29. The Hall–Kier alpha value is -1.73. The van der Waals surface area contributed by atoms with Gasteiger partial charge >= 0.3 is 0 Å². The van der Waals surface area contributed by atoms with Gasteiger partial charge in [-0.1, -0.05) is 42.0 Å². The van der Waals surface area contributed by atoms with E-state index in [1.165, 1.54) is 33.1 Å². The van der Waals surface area contributed by atoms with E-state index in [1.807, 2.05) is 0 Å². The number of allylic oxidation sites excluding steroid dienone is 3. The monoisotopic (exact) mass is 279 g/mol. The SMILES string of the molecule is CC1=CC([S+](c2ccccc2)c2ccccc2)=CCC1. The van der Waals surface area contributed by atoms with Gasteiger partial charge < -0.3 is 0 Å². The molecule has 0 N–H and O–H groups in total. The lowest BCUT2D eigenvalue weighted by molar-refractivity contribution is 0.957. The zero-order valence-electron chi connectivity index (χ0n) is 11.8. The average Bonchev–Trinajstić information content (AvgIpc) is 2.50. The van der Waals surface area contributed by atoms with Crippen molar-refractivity contribution in [3.8, 4) is 0 Å². The van der Waals surface area contributed by atoms with Crippen LogP contribution in [0, 0.1) is 0 Å². The fraction of sp³-hybridized carbons (Fsp3) is 0.158. The summed E-state index contributed by atoms with van der Waals surface area (Å²) in [5.41, 5.74) is 1.49. The highest BCUT2D eigenvalue weighted by Crippen LogP contribution is 2.33. The number of benzene rings is 2. The van der Waals surface area contributed by atoms with Crippen LogP contribution in [0.1, 0.15) is 19.8 Å². The average molecular weight is 279 g/mol. The molecule has 1 heteroatoms. The molecule has 0 aliphatic heterocycles. The van der Waals surface area contributed by atoms with E-state index in [0.29, 0.717) is 0 Å². The predicted octanol–water partition coefficient (Wildman–Crippen LogP) is 5.35. The lowest BCUT2D eigenvalue weighted by Gasteiger charge is -2.12. The van der Waals surface area contributed by atoms with Crippen LogP contribution >= 0.6 is 0 Å².